The summed E-state index contributed by atoms with van der Waals surface area (Å²) < 4.78 is 0. The first-order chi connectivity index (χ1) is 10.0. The molecule has 1 rings (SSSR count). The highest BCUT2D eigenvalue weighted by Gasteiger charge is 2.18. The summed E-state index contributed by atoms with van der Waals surface area (Å²) in [6.45, 7) is 5.24. The predicted molar refractivity (Wildman–Crippen MR) is 76.9 cm³/mol. The summed E-state index contributed by atoms with van der Waals surface area (Å²) in [5.74, 6) is -1.17. The molecule has 8 nitrogen and oxygen atoms in total. The zero-order chi connectivity index (χ0) is 15.7. The van der Waals surface area contributed by atoms with Gasteiger partial charge in [0, 0.05) is 6.54 Å². The van der Waals surface area contributed by atoms with Crippen molar-refractivity contribution in [3.05, 3.63) is 0 Å². The highest BCUT2D eigenvalue weighted by Crippen LogP contribution is 2.15. The van der Waals surface area contributed by atoms with E-state index in [0.717, 1.165) is 32.5 Å². The first kappa shape index (κ1) is 17.2. The molecule has 0 aromatic rings. The van der Waals surface area contributed by atoms with Crippen molar-refractivity contribution < 1.29 is 19.5 Å². The first-order valence-electron chi connectivity index (χ1n) is 7.23. The molecule has 1 fully saturated rings. The fourth-order valence-electron chi connectivity index (χ4n) is 2.20. The van der Waals surface area contributed by atoms with Crippen LogP contribution in [0.1, 0.15) is 19.8 Å². The van der Waals surface area contributed by atoms with Crippen molar-refractivity contribution in [3.8, 4) is 0 Å². The molecule has 1 aliphatic heterocycles. The molecule has 1 saturated heterocycles. The molecule has 21 heavy (non-hydrogen) atoms. The SMILES string of the molecule is CCN1CCC(CNC(=O)NCC(=O)NCC(=O)O)CC1. The van der Waals surface area contributed by atoms with Crippen molar-refractivity contribution in [1.29, 1.82) is 0 Å². The van der Waals surface area contributed by atoms with E-state index in [-0.39, 0.29) is 6.54 Å². The predicted octanol–water partition coefficient (Wildman–Crippen LogP) is -0.782. The number of aliphatic carboxylic acids is 1. The summed E-state index contributed by atoms with van der Waals surface area (Å²) >= 11 is 0. The van der Waals surface area contributed by atoms with Crippen LogP contribution in [0, 0.1) is 5.92 Å². The third-order valence-corrected chi connectivity index (χ3v) is 3.55. The number of carbonyl (C=O) groups is 3. The molecule has 1 aliphatic rings. The third kappa shape index (κ3) is 7.50. The van der Waals surface area contributed by atoms with Crippen LogP contribution < -0.4 is 16.0 Å². The third-order valence-electron chi connectivity index (χ3n) is 3.55. The van der Waals surface area contributed by atoms with Crippen LogP contribution in [0.3, 0.4) is 0 Å². The molecular formula is C13H24N4O4. The summed E-state index contributed by atoms with van der Waals surface area (Å²) in [5.41, 5.74) is 0. The number of carboxylic acid groups (broad SMARTS) is 1. The van der Waals surface area contributed by atoms with Gasteiger partial charge in [-0.05, 0) is 38.4 Å². The maximum absolute atomic E-state index is 11.5. The highest BCUT2D eigenvalue weighted by molar-refractivity contribution is 5.86. The van der Waals surface area contributed by atoms with Crippen molar-refractivity contribution in [2.45, 2.75) is 19.8 Å². The van der Waals surface area contributed by atoms with Crippen LogP contribution >= 0.6 is 0 Å². The second-order valence-corrected chi connectivity index (χ2v) is 5.11. The summed E-state index contributed by atoms with van der Waals surface area (Å²) in [6.07, 6.45) is 2.13. The van der Waals surface area contributed by atoms with Crippen LogP contribution in [0.25, 0.3) is 0 Å². The number of carbonyl (C=O) groups excluding carboxylic acids is 2. The van der Waals surface area contributed by atoms with Gasteiger partial charge in [0.2, 0.25) is 5.91 Å². The number of hydrogen-bond acceptors (Lipinski definition) is 4. The smallest absolute Gasteiger partial charge is 0.322 e. The Morgan fingerprint density at radius 1 is 1.10 bits per heavy atom. The van der Waals surface area contributed by atoms with Crippen molar-refractivity contribution in [3.63, 3.8) is 0 Å². The van der Waals surface area contributed by atoms with Gasteiger partial charge in [0.1, 0.15) is 6.54 Å². The highest BCUT2D eigenvalue weighted by atomic mass is 16.4. The van der Waals surface area contributed by atoms with Crippen LogP contribution in [0.2, 0.25) is 0 Å². The number of amides is 3. The number of likely N-dealkylation sites (tertiary alicyclic amines) is 1. The molecule has 0 aromatic heterocycles. The van der Waals surface area contributed by atoms with E-state index in [1.807, 2.05) is 0 Å². The Balaban J connectivity index is 2.09. The zero-order valence-electron chi connectivity index (χ0n) is 12.4. The summed E-state index contributed by atoms with van der Waals surface area (Å²) in [4.78, 5) is 35.3. The molecule has 1 heterocycles. The number of rotatable bonds is 7. The van der Waals surface area contributed by atoms with E-state index in [0.29, 0.717) is 12.5 Å². The maximum atomic E-state index is 11.5. The van der Waals surface area contributed by atoms with E-state index in [4.69, 9.17) is 5.11 Å². The van der Waals surface area contributed by atoms with Gasteiger partial charge < -0.3 is 26.0 Å². The van der Waals surface area contributed by atoms with Gasteiger partial charge in [0.25, 0.3) is 0 Å². The number of urea groups is 1. The second kappa shape index (κ2) is 9.17. The van der Waals surface area contributed by atoms with Gasteiger partial charge in [-0.25, -0.2) is 4.79 Å². The van der Waals surface area contributed by atoms with E-state index in [1.165, 1.54) is 0 Å². The van der Waals surface area contributed by atoms with E-state index in [2.05, 4.69) is 27.8 Å². The van der Waals surface area contributed by atoms with Gasteiger partial charge >= 0.3 is 12.0 Å². The van der Waals surface area contributed by atoms with Crippen molar-refractivity contribution in [2.75, 3.05) is 39.3 Å². The Hall–Kier alpha value is -1.83. The molecule has 0 spiro atoms. The second-order valence-electron chi connectivity index (χ2n) is 5.11. The Morgan fingerprint density at radius 3 is 2.33 bits per heavy atom. The Kier molecular flexibility index (Phi) is 7.52. The summed E-state index contributed by atoms with van der Waals surface area (Å²) in [6, 6.07) is -0.404. The van der Waals surface area contributed by atoms with Crippen molar-refractivity contribution >= 4 is 17.9 Å². The van der Waals surface area contributed by atoms with Gasteiger partial charge in [-0.2, -0.15) is 0 Å². The Morgan fingerprint density at radius 2 is 1.76 bits per heavy atom. The van der Waals surface area contributed by atoms with Crippen LogP contribution in [-0.4, -0.2) is 67.2 Å². The van der Waals surface area contributed by atoms with Crippen LogP contribution in [-0.2, 0) is 9.59 Å². The molecule has 3 amide bonds. The molecule has 120 valence electrons. The van der Waals surface area contributed by atoms with E-state index in [1.54, 1.807) is 0 Å². The Bertz CT molecular complexity index is 367. The first-order valence-corrected chi connectivity index (χ1v) is 7.23. The summed E-state index contributed by atoms with van der Waals surface area (Å²) in [5, 5.41) is 15.7. The summed E-state index contributed by atoms with van der Waals surface area (Å²) in [7, 11) is 0. The molecule has 0 atom stereocenters. The van der Waals surface area contributed by atoms with E-state index in [9.17, 15) is 14.4 Å². The number of piperidine rings is 1. The van der Waals surface area contributed by atoms with Crippen molar-refractivity contribution in [2.24, 2.45) is 5.92 Å². The average Bonchev–Trinajstić information content (AvgIpc) is 2.49. The lowest BCUT2D eigenvalue weighted by atomic mass is 9.97. The van der Waals surface area contributed by atoms with Crippen molar-refractivity contribution in [1.82, 2.24) is 20.9 Å². The molecule has 0 radical (unpaired) electrons. The minimum atomic E-state index is -1.12. The molecule has 0 unspecified atom stereocenters. The number of hydrogen-bond donors (Lipinski definition) is 4. The van der Waals surface area contributed by atoms with Gasteiger partial charge in [0.05, 0.1) is 6.54 Å². The maximum Gasteiger partial charge on any atom is 0.322 e. The van der Waals surface area contributed by atoms with Crippen LogP contribution in [0.4, 0.5) is 4.79 Å². The number of nitrogens with zero attached hydrogens (tertiary/aromatic N) is 1. The molecular weight excluding hydrogens is 276 g/mol. The topological polar surface area (TPSA) is 111 Å². The zero-order valence-corrected chi connectivity index (χ0v) is 12.4. The molecule has 4 N–H and O–H groups in total. The fraction of sp³-hybridized carbons (Fsp3) is 0.769. The average molecular weight is 300 g/mol. The number of carboxylic acids is 1. The molecule has 0 saturated carbocycles. The molecule has 0 aliphatic carbocycles. The minimum absolute atomic E-state index is 0.229. The van der Waals surface area contributed by atoms with Crippen LogP contribution in [0.15, 0.2) is 0 Å². The van der Waals surface area contributed by atoms with E-state index >= 15 is 0 Å². The lowest BCUT2D eigenvalue weighted by molar-refractivity contribution is -0.137. The van der Waals surface area contributed by atoms with Crippen LogP contribution in [0.5, 0.6) is 0 Å². The van der Waals surface area contributed by atoms with Gasteiger partial charge in [-0.3, -0.25) is 9.59 Å². The van der Waals surface area contributed by atoms with Gasteiger partial charge in [-0.15, -0.1) is 0 Å². The Labute approximate surface area is 124 Å². The molecule has 0 bridgehead atoms. The standard InChI is InChI=1S/C13H24N4O4/c1-2-17-5-3-10(4-6-17)7-15-13(21)16-8-11(18)14-9-12(19)20/h10H,2-9H2,1H3,(H,14,18)(H,19,20)(H2,15,16,21). The quantitative estimate of drug-likeness (QED) is 0.493. The lowest BCUT2D eigenvalue weighted by Crippen LogP contribution is -2.45. The molecule has 0 aromatic carbocycles. The largest absolute Gasteiger partial charge is 0.480 e. The lowest BCUT2D eigenvalue weighted by Gasteiger charge is -2.31. The monoisotopic (exact) mass is 300 g/mol. The molecule has 8 heteroatoms. The fourth-order valence-corrected chi connectivity index (χ4v) is 2.20. The van der Waals surface area contributed by atoms with Gasteiger partial charge in [0.15, 0.2) is 0 Å². The van der Waals surface area contributed by atoms with E-state index < -0.39 is 24.5 Å². The minimum Gasteiger partial charge on any atom is -0.480 e. The number of nitrogens with one attached hydrogen (secondary N) is 3. The normalized spacial score (nSPS) is 16.2. The van der Waals surface area contributed by atoms with Gasteiger partial charge in [-0.1, -0.05) is 6.92 Å².